The second kappa shape index (κ2) is 7.45. The molecule has 0 bridgehead atoms. The fourth-order valence-electron chi connectivity index (χ4n) is 2.46. The van der Waals surface area contributed by atoms with Gasteiger partial charge in [0.1, 0.15) is 0 Å². The molecule has 0 aromatic heterocycles. The van der Waals surface area contributed by atoms with E-state index in [9.17, 15) is 21.6 Å². The molecule has 0 spiro atoms. The summed E-state index contributed by atoms with van der Waals surface area (Å²) >= 11 is 3.43. The Hall–Kier alpha value is 0.180. The molecule has 1 aliphatic carbocycles. The number of rotatable bonds is 7. The summed E-state index contributed by atoms with van der Waals surface area (Å²) in [6.07, 6.45) is -0.545. The minimum Gasteiger partial charge on any atom is -0.215 e. The third-order valence-electron chi connectivity index (χ3n) is 3.74. The molecule has 8 heteroatoms. The van der Waals surface area contributed by atoms with Gasteiger partial charge < -0.3 is 0 Å². The van der Waals surface area contributed by atoms with Crippen LogP contribution in [0.15, 0.2) is 0 Å². The summed E-state index contributed by atoms with van der Waals surface area (Å²) < 4.78 is 61.9. The van der Waals surface area contributed by atoms with Gasteiger partial charge in [0.2, 0.25) is 10.0 Å². The first kappa shape index (κ1) is 18.2. The summed E-state index contributed by atoms with van der Waals surface area (Å²) in [6.45, 7) is 0.312. The summed E-state index contributed by atoms with van der Waals surface area (Å²) in [5.41, 5.74) is -0.0879. The summed E-state index contributed by atoms with van der Waals surface area (Å²) in [5, 5.41) is 0.713. The van der Waals surface area contributed by atoms with Gasteiger partial charge >= 0.3 is 6.18 Å². The van der Waals surface area contributed by atoms with Crippen molar-refractivity contribution in [3.05, 3.63) is 0 Å². The zero-order chi connectivity index (χ0) is 15.3. The molecule has 0 aromatic rings. The van der Waals surface area contributed by atoms with Crippen molar-refractivity contribution < 1.29 is 21.6 Å². The molecule has 120 valence electrons. The minimum atomic E-state index is -4.30. The lowest BCUT2D eigenvalue weighted by molar-refractivity contribution is -0.134. The van der Waals surface area contributed by atoms with Crippen LogP contribution in [0.1, 0.15) is 44.9 Å². The van der Waals surface area contributed by atoms with Crippen LogP contribution in [-0.2, 0) is 10.0 Å². The van der Waals surface area contributed by atoms with Gasteiger partial charge in [-0.2, -0.15) is 13.2 Å². The minimum absolute atomic E-state index is 0.0879. The molecule has 0 heterocycles. The molecular formula is C12H21BrF3NO2S. The van der Waals surface area contributed by atoms with Crippen molar-refractivity contribution in [1.29, 1.82) is 0 Å². The van der Waals surface area contributed by atoms with E-state index in [1.165, 1.54) is 0 Å². The number of nitrogens with one attached hydrogen (secondary N) is 1. The van der Waals surface area contributed by atoms with E-state index in [4.69, 9.17) is 0 Å². The molecule has 0 aromatic carbocycles. The lowest BCUT2D eigenvalue weighted by atomic mass is 9.76. The first-order valence-electron chi connectivity index (χ1n) is 6.78. The molecule has 1 fully saturated rings. The zero-order valence-corrected chi connectivity index (χ0v) is 13.7. The van der Waals surface area contributed by atoms with Crippen molar-refractivity contribution in [3.63, 3.8) is 0 Å². The number of halogens is 4. The summed E-state index contributed by atoms with van der Waals surface area (Å²) in [7, 11) is -3.62. The molecule has 20 heavy (non-hydrogen) atoms. The van der Waals surface area contributed by atoms with Gasteiger partial charge in [-0.15, -0.1) is 0 Å². The van der Waals surface area contributed by atoms with E-state index in [1.54, 1.807) is 0 Å². The van der Waals surface area contributed by atoms with Crippen molar-refractivity contribution in [2.45, 2.75) is 51.1 Å². The highest BCUT2D eigenvalue weighted by atomic mass is 79.9. The maximum Gasteiger partial charge on any atom is 0.389 e. The van der Waals surface area contributed by atoms with Gasteiger partial charge in [0.05, 0.1) is 5.75 Å². The van der Waals surface area contributed by atoms with Crippen LogP contribution < -0.4 is 4.72 Å². The largest absolute Gasteiger partial charge is 0.389 e. The lowest BCUT2D eigenvalue weighted by Crippen LogP contribution is -2.41. The normalized spacial score (nSPS) is 20.0. The monoisotopic (exact) mass is 379 g/mol. The van der Waals surface area contributed by atoms with Gasteiger partial charge in [-0.25, -0.2) is 13.1 Å². The van der Waals surface area contributed by atoms with Crippen LogP contribution in [0.4, 0.5) is 13.2 Å². The predicted octanol–water partition coefficient (Wildman–Crippen LogP) is 3.59. The predicted molar refractivity (Wildman–Crippen MR) is 76.4 cm³/mol. The Bertz CT molecular complexity index is 392. The van der Waals surface area contributed by atoms with Crippen LogP contribution >= 0.6 is 15.9 Å². The highest BCUT2D eigenvalue weighted by Gasteiger charge is 2.32. The molecule has 1 N–H and O–H groups in total. The van der Waals surface area contributed by atoms with Gasteiger partial charge in [0, 0.05) is 18.3 Å². The maximum absolute atomic E-state index is 12.0. The third-order valence-corrected chi connectivity index (χ3v) is 6.34. The molecule has 0 amide bonds. The van der Waals surface area contributed by atoms with E-state index in [1.807, 2.05) is 0 Å². The molecule has 0 atom stereocenters. The highest BCUT2D eigenvalue weighted by molar-refractivity contribution is 9.09. The van der Waals surface area contributed by atoms with Crippen molar-refractivity contribution in [2.24, 2.45) is 5.41 Å². The van der Waals surface area contributed by atoms with Crippen LogP contribution in [0.2, 0.25) is 0 Å². The van der Waals surface area contributed by atoms with Crippen molar-refractivity contribution in [1.82, 2.24) is 4.72 Å². The van der Waals surface area contributed by atoms with E-state index < -0.39 is 28.4 Å². The Morgan fingerprint density at radius 1 is 1.15 bits per heavy atom. The third kappa shape index (κ3) is 6.76. The smallest absolute Gasteiger partial charge is 0.215 e. The molecule has 1 saturated carbocycles. The Morgan fingerprint density at radius 2 is 1.75 bits per heavy atom. The Kier molecular flexibility index (Phi) is 6.79. The summed E-state index contributed by atoms with van der Waals surface area (Å²) in [6, 6.07) is 0. The van der Waals surface area contributed by atoms with Crippen LogP contribution in [0.5, 0.6) is 0 Å². The molecular weight excluding hydrogens is 359 g/mol. The van der Waals surface area contributed by atoms with E-state index in [0.29, 0.717) is 11.9 Å². The SMILES string of the molecule is O=S(=O)(CCCC(F)(F)F)NCC1(CBr)CCCCC1. The highest BCUT2D eigenvalue weighted by Crippen LogP contribution is 2.37. The lowest BCUT2D eigenvalue weighted by Gasteiger charge is -2.35. The van der Waals surface area contributed by atoms with E-state index in [-0.39, 0.29) is 11.8 Å². The molecule has 3 nitrogen and oxygen atoms in total. The number of hydrogen-bond donors (Lipinski definition) is 1. The quantitative estimate of drug-likeness (QED) is 0.687. The van der Waals surface area contributed by atoms with E-state index >= 15 is 0 Å². The van der Waals surface area contributed by atoms with Gasteiger partial charge in [-0.1, -0.05) is 35.2 Å². The Labute approximate surface area is 126 Å². The molecule has 1 rings (SSSR count). The van der Waals surface area contributed by atoms with Gasteiger partial charge in [0.15, 0.2) is 0 Å². The Morgan fingerprint density at radius 3 is 2.25 bits per heavy atom. The number of alkyl halides is 4. The summed E-state index contributed by atoms with van der Waals surface area (Å²) in [5.74, 6) is -0.467. The zero-order valence-electron chi connectivity index (χ0n) is 11.3. The van der Waals surface area contributed by atoms with Crippen LogP contribution in [0, 0.1) is 5.41 Å². The molecule has 1 aliphatic rings. The van der Waals surface area contributed by atoms with Crippen LogP contribution in [0.25, 0.3) is 0 Å². The van der Waals surface area contributed by atoms with Crippen molar-refractivity contribution in [3.8, 4) is 0 Å². The van der Waals surface area contributed by atoms with Crippen molar-refractivity contribution in [2.75, 3.05) is 17.6 Å². The second-order valence-electron chi connectivity index (χ2n) is 5.55. The first-order valence-corrected chi connectivity index (χ1v) is 9.56. The molecule has 0 radical (unpaired) electrons. The van der Waals surface area contributed by atoms with Gasteiger partial charge in [0.25, 0.3) is 0 Å². The molecule has 0 unspecified atom stereocenters. The average molecular weight is 380 g/mol. The standard InChI is InChI=1S/C12H21BrF3NO2S/c13-9-11(5-2-1-3-6-11)10-17-20(18,19)8-4-7-12(14,15)16/h17H,1-10H2. The van der Waals surface area contributed by atoms with Crippen molar-refractivity contribution >= 4 is 26.0 Å². The fourth-order valence-corrected chi connectivity index (χ4v) is 4.41. The maximum atomic E-state index is 12.0. The number of hydrogen-bond acceptors (Lipinski definition) is 2. The Balaban J connectivity index is 2.41. The van der Waals surface area contributed by atoms with Crippen LogP contribution in [-0.4, -0.2) is 32.2 Å². The number of sulfonamides is 1. The van der Waals surface area contributed by atoms with Gasteiger partial charge in [-0.3, -0.25) is 0 Å². The summed E-state index contributed by atoms with van der Waals surface area (Å²) in [4.78, 5) is 0. The van der Waals surface area contributed by atoms with Crippen LogP contribution in [0.3, 0.4) is 0 Å². The first-order chi connectivity index (χ1) is 9.18. The fraction of sp³-hybridized carbons (Fsp3) is 1.00. The topological polar surface area (TPSA) is 46.2 Å². The molecule has 0 saturated heterocycles. The van der Waals surface area contributed by atoms with E-state index in [0.717, 1.165) is 32.1 Å². The second-order valence-corrected chi connectivity index (χ2v) is 8.04. The van der Waals surface area contributed by atoms with E-state index in [2.05, 4.69) is 20.7 Å². The van der Waals surface area contributed by atoms with Gasteiger partial charge in [-0.05, 0) is 24.7 Å². The average Bonchev–Trinajstić information content (AvgIpc) is 2.36. The molecule has 0 aliphatic heterocycles.